The second-order valence-electron chi connectivity index (χ2n) is 9.24. The summed E-state index contributed by atoms with van der Waals surface area (Å²) < 4.78 is 12.1. The molecule has 1 aromatic carbocycles. The normalized spacial score (nSPS) is 25.5. The average Bonchev–Trinajstić information content (AvgIpc) is 3.04. The van der Waals surface area contributed by atoms with E-state index in [-0.39, 0.29) is 36.1 Å². The molecule has 3 unspecified atom stereocenters. The van der Waals surface area contributed by atoms with Crippen LogP contribution >= 0.6 is 0 Å². The van der Waals surface area contributed by atoms with E-state index in [0.29, 0.717) is 31.1 Å². The molecule has 0 radical (unpaired) electrons. The molecule has 0 spiro atoms. The van der Waals surface area contributed by atoms with E-state index in [1.807, 2.05) is 24.3 Å². The predicted molar refractivity (Wildman–Crippen MR) is 116 cm³/mol. The van der Waals surface area contributed by atoms with E-state index in [9.17, 15) is 14.7 Å². The van der Waals surface area contributed by atoms with E-state index >= 15 is 0 Å². The monoisotopic (exact) mass is 427 g/mol. The lowest BCUT2D eigenvalue weighted by Gasteiger charge is -2.35. The Labute approximate surface area is 184 Å². The van der Waals surface area contributed by atoms with Crippen LogP contribution in [0.2, 0.25) is 0 Å². The van der Waals surface area contributed by atoms with Crippen molar-refractivity contribution < 1.29 is 24.2 Å². The quantitative estimate of drug-likeness (QED) is 0.683. The Morgan fingerprint density at radius 3 is 2.81 bits per heavy atom. The number of fused-ring (bicyclic) bond motifs is 1. The molecule has 0 aromatic heterocycles. The topological polar surface area (TPSA) is 76.1 Å². The number of carbonyl (C=O) groups is 2. The zero-order valence-corrected chi connectivity index (χ0v) is 18.5. The first-order chi connectivity index (χ1) is 15.0. The maximum Gasteiger partial charge on any atom is 0.290 e. The molecule has 1 aliphatic carbocycles. The van der Waals surface area contributed by atoms with Gasteiger partial charge >= 0.3 is 0 Å². The summed E-state index contributed by atoms with van der Waals surface area (Å²) in [5.74, 6) is 1.17. The lowest BCUT2D eigenvalue weighted by atomic mass is 9.77. The van der Waals surface area contributed by atoms with Gasteiger partial charge in [0.15, 0.2) is 11.5 Å². The molecular weight excluding hydrogens is 394 g/mol. The molecule has 3 aliphatic rings. The van der Waals surface area contributed by atoms with E-state index in [1.165, 1.54) is 0 Å². The maximum absolute atomic E-state index is 13.5. The second kappa shape index (κ2) is 9.43. The maximum atomic E-state index is 13.5. The Kier molecular flexibility index (Phi) is 6.65. The van der Waals surface area contributed by atoms with Gasteiger partial charge in [-0.05, 0) is 55.7 Å². The van der Waals surface area contributed by atoms with Crippen LogP contribution in [0, 0.1) is 11.8 Å². The fourth-order valence-electron chi connectivity index (χ4n) is 4.90. The molecule has 1 aromatic rings. The smallest absolute Gasteiger partial charge is 0.290 e. The van der Waals surface area contributed by atoms with Crippen LogP contribution in [-0.4, -0.2) is 47.6 Å². The average molecular weight is 428 g/mol. The van der Waals surface area contributed by atoms with Crippen LogP contribution in [0.15, 0.2) is 35.6 Å². The minimum Gasteiger partial charge on any atom is -0.494 e. The summed E-state index contributed by atoms with van der Waals surface area (Å²) in [7, 11) is 0. The van der Waals surface area contributed by atoms with Crippen molar-refractivity contribution in [2.45, 2.75) is 64.5 Å². The number of carbonyl (C=O) groups excluding carboxylic acids is 2. The van der Waals surface area contributed by atoms with Gasteiger partial charge in [-0.25, -0.2) is 0 Å². The van der Waals surface area contributed by atoms with Crippen LogP contribution in [0.5, 0.6) is 5.75 Å². The van der Waals surface area contributed by atoms with Gasteiger partial charge in [-0.15, -0.1) is 0 Å². The second-order valence-corrected chi connectivity index (χ2v) is 9.24. The Morgan fingerprint density at radius 1 is 1.23 bits per heavy atom. The van der Waals surface area contributed by atoms with Crippen molar-refractivity contribution in [3.63, 3.8) is 0 Å². The van der Waals surface area contributed by atoms with Gasteiger partial charge in [0.2, 0.25) is 0 Å². The molecule has 4 rings (SSSR count). The fourth-order valence-corrected chi connectivity index (χ4v) is 4.90. The SMILES string of the molecule is CC(C)CCOc1cccc(C2C3=C(OC4CCCCC4C3=O)C(=O)N2CCCO)c1. The molecule has 6 heteroatoms. The molecule has 2 aliphatic heterocycles. The zero-order chi connectivity index (χ0) is 22.0. The van der Waals surface area contributed by atoms with Crippen molar-refractivity contribution in [2.75, 3.05) is 19.8 Å². The molecule has 1 saturated carbocycles. The third kappa shape index (κ3) is 4.36. The van der Waals surface area contributed by atoms with E-state index < -0.39 is 6.04 Å². The standard InChI is InChI=1S/C25H33NO5/c1-16(2)11-14-30-18-8-5-7-17(15-18)22-21-23(28)19-9-3-4-10-20(19)31-24(21)25(29)26(22)12-6-13-27/h5,7-8,15-16,19-20,22,27H,3-4,6,9-14H2,1-2H3. The summed E-state index contributed by atoms with van der Waals surface area (Å²) in [5.41, 5.74) is 1.34. The van der Waals surface area contributed by atoms with Crippen LogP contribution in [0.25, 0.3) is 0 Å². The summed E-state index contributed by atoms with van der Waals surface area (Å²) >= 11 is 0. The highest BCUT2D eigenvalue weighted by Gasteiger charge is 2.51. The summed E-state index contributed by atoms with van der Waals surface area (Å²) in [5, 5.41) is 9.36. The minimum atomic E-state index is -0.488. The summed E-state index contributed by atoms with van der Waals surface area (Å²) in [4.78, 5) is 28.5. The van der Waals surface area contributed by atoms with Gasteiger partial charge in [0, 0.05) is 13.2 Å². The summed E-state index contributed by atoms with van der Waals surface area (Å²) in [6.45, 7) is 5.30. The van der Waals surface area contributed by atoms with Crippen LogP contribution in [0.3, 0.4) is 0 Å². The number of hydrogen-bond donors (Lipinski definition) is 1. The van der Waals surface area contributed by atoms with Crippen LogP contribution in [-0.2, 0) is 14.3 Å². The minimum absolute atomic E-state index is 0.0143. The molecule has 31 heavy (non-hydrogen) atoms. The molecule has 0 bridgehead atoms. The van der Waals surface area contributed by atoms with Gasteiger partial charge in [0.05, 0.1) is 24.1 Å². The molecule has 2 heterocycles. The number of hydrogen-bond acceptors (Lipinski definition) is 5. The zero-order valence-electron chi connectivity index (χ0n) is 18.5. The van der Waals surface area contributed by atoms with Crippen molar-refractivity contribution >= 4 is 11.7 Å². The lowest BCUT2D eigenvalue weighted by Crippen LogP contribution is -2.39. The first-order valence-corrected chi connectivity index (χ1v) is 11.6. The highest BCUT2D eigenvalue weighted by molar-refractivity contribution is 6.11. The van der Waals surface area contributed by atoms with Gasteiger partial charge in [-0.3, -0.25) is 9.59 Å². The predicted octanol–water partition coefficient (Wildman–Crippen LogP) is 3.79. The van der Waals surface area contributed by atoms with E-state index in [2.05, 4.69) is 13.8 Å². The van der Waals surface area contributed by atoms with E-state index in [1.54, 1.807) is 4.90 Å². The number of amides is 1. The largest absolute Gasteiger partial charge is 0.494 e. The van der Waals surface area contributed by atoms with Crippen molar-refractivity contribution in [3.8, 4) is 5.75 Å². The van der Waals surface area contributed by atoms with Gasteiger partial charge < -0.3 is 19.5 Å². The fraction of sp³-hybridized carbons (Fsp3) is 0.600. The number of benzene rings is 1. The van der Waals surface area contributed by atoms with Gasteiger partial charge in [0.1, 0.15) is 11.9 Å². The molecule has 1 fully saturated rings. The number of Topliss-reactive ketones (excluding diaryl/α,β-unsaturated/α-hetero) is 1. The van der Waals surface area contributed by atoms with Crippen molar-refractivity contribution in [1.29, 1.82) is 0 Å². The first kappa shape index (κ1) is 21.9. The van der Waals surface area contributed by atoms with Gasteiger partial charge in [-0.2, -0.15) is 0 Å². The molecule has 6 nitrogen and oxygen atoms in total. The number of aliphatic hydroxyl groups excluding tert-OH is 1. The number of rotatable bonds is 8. The van der Waals surface area contributed by atoms with Gasteiger partial charge in [-0.1, -0.05) is 32.4 Å². The lowest BCUT2D eigenvalue weighted by molar-refractivity contribution is -0.135. The summed E-state index contributed by atoms with van der Waals surface area (Å²) in [6, 6.07) is 7.20. The van der Waals surface area contributed by atoms with E-state index in [4.69, 9.17) is 9.47 Å². The molecule has 168 valence electrons. The molecule has 1 N–H and O–H groups in total. The van der Waals surface area contributed by atoms with Gasteiger partial charge in [0.25, 0.3) is 5.91 Å². The van der Waals surface area contributed by atoms with Crippen molar-refractivity contribution in [3.05, 3.63) is 41.2 Å². The third-order valence-electron chi connectivity index (χ3n) is 6.55. The molecule has 3 atom stereocenters. The Bertz CT molecular complexity index is 861. The number of nitrogens with zero attached hydrogens (tertiary/aromatic N) is 1. The summed E-state index contributed by atoms with van der Waals surface area (Å²) in [6.07, 6.45) is 4.90. The van der Waals surface area contributed by atoms with Crippen molar-refractivity contribution in [1.82, 2.24) is 4.90 Å². The number of aliphatic hydroxyl groups is 1. The van der Waals surface area contributed by atoms with Crippen molar-refractivity contribution in [2.24, 2.45) is 11.8 Å². The first-order valence-electron chi connectivity index (χ1n) is 11.6. The number of ether oxygens (including phenoxy) is 2. The Morgan fingerprint density at radius 2 is 2.03 bits per heavy atom. The Hall–Kier alpha value is -2.34. The molecular formula is C25H33NO5. The molecule has 1 amide bonds. The van der Waals surface area contributed by atoms with E-state index in [0.717, 1.165) is 43.4 Å². The highest BCUT2D eigenvalue weighted by Crippen LogP contribution is 2.47. The van der Waals surface area contributed by atoms with Crippen LogP contribution in [0.4, 0.5) is 0 Å². The van der Waals surface area contributed by atoms with Crippen LogP contribution in [0.1, 0.15) is 64.0 Å². The number of ketones is 1. The third-order valence-corrected chi connectivity index (χ3v) is 6.55. The Balaban J connectivity index is 1.67. The molecule has 0 saturated heterocycles. The highest BCUT2D eigenvalue weighted by atomic mass is 16.5. The van der Waals surface area contributed by atoms with Crippen LogP contribution < -0.4 is 4.74 Å².